The molecular weight excluding hydrogens is 334 g/mol. The molecular formula is C19H25N3O4. The Bertz CT molecular complexity index is 689. The van der Waals surface area contributed by atoms with Gasteiger partial charge in [-0.1, -0.05) is 0 Å². The van der Waals surface area contributed by atoms with Gasteiger partial charge in [0.25, 0.3) is 5.91 Å². The number of imide groups is 1. The number of urea groups is 1. The van der Waals surface area contributed by atoms with Gasteiger partial charge in [-0.25, -0.2) is 4.79 Å². The Kier molecular flexibility index (Phi) is 5.56. The van der Waals surface area contributed by atoms with E-state index < -0.39 is 6.04 Å². The van der Waals surface area contributed by atoms with Crippen molar-refractivity contribution < 1.29 is 19.1 Å². The van der Waals surface area contributed by atoms with Crippen molar-refractivity contribution in [2.24, 2.45) is 0 Å². The molecule has 2 aliphatic heterocycles. The number of likely N-dealkylation sites (tertiary alicyclic amines) is 1. The van der Waals surface area contributed by atoms with Crippen LogP contribution in [0.15, 0.2) is 24.3 Å². The van der Waals surface area contributed by atoms with Crippen molar-refractivity contribution in [3.05, 3.63) is 29.8 Å². The molecule has 3 rings (SSSR count). The molecule has 7 nitrogen and oxygen atoms in total. The van der Waals surface area contributed by atoms with Gasteiger partial charge in [0.05, 0.1) is 12.6 Å². The summed E-state index contributed by atoms with van der Waals surface area (Å²) in [5.41, 5.74) is 0.676. The number of Topliss-reactive ketones (excluding diaryl/α,β-unsaturated/α-hetero) is 1. The summed E-state index contributed by atoms with van der Waals surface area (Å²) in [6.45, 7) is 6.30. The minimum atomic E-state index is -0.417. The summed E-state index contributed by atoms with van der Waals surface area (Å²) in [6.07, 6.45) is 1.68. The van der Waals surface area contributed by atoms with Crippen molar-refractivity contribution in [2.45, 2.75) is 38.8 Å². The zero-order valence-electron chi connectivity index (χ0n) is 15.2. The largest absolute Gasteiger partial charge is 0.494 e. The Morgan fingerprint density at radius 3 is 2.62 bits per heavy atom. The van der Waals surface area contributed by atoms with E-state index in [1.165, 1.54) is 4.90 Å². The van der Waals surface area contributed by atoms with Crippen LogP contribution in [0.3, 0.4) is 0 Å². The highest BCUT2D eigenvalue weighted by atomic mass is 16.5. The van der Waals surface area contributed by atoms with Crippen LogP contribution < -0.4 is 10.1 Å². The average molecular weight is 359 g/mol. The van der Waals surface area contributed by atoms with E-state index in [9.17, 15) is 14.4 Å². The minimum absolute atomic E-state index is 0.0347. The van der Waals surface area contributed by atoms with Gasteiger partial charge < -0.3 is 15.0 Å². The molecule has 2 atom stereocenters. The van der Waals surface area contributed by atoms with E-state index in [4.69, 9.17) is 4.74 Å². The number of hydrogen-bond donors (Lipinski definition) is 1. The maximum atomic E-state index is 12.1. The number of nitrogens with zero attached hydrogens (tertiary/aromatic N) is 2. The summed E-state index contributed by atoms with van der Waals surface area (Å²) in [5, 5.41) is 2.67. The lowest BCUT2D eigenvalue weighted by Gasteiger charge is -2.21. The standard InChI is InChI=1S/C19H25N3O4/c1-13-18(24)22(19(25)20-13)16-8-10-21(12-16)9-3-11-26-17-6-4-15(5-7-17)14(2)23/h4-7,13,16H,3,8-12H2,1-2H3,(H,20,25)/t13-,16+/m0/s1. The number of carbonyl (C=O) groups excluding carboxylic acids is 3. The molecule has 26 heavy (non-hydrogen) atoms. The molecule has 0 aromatic heterocycles. The molecule has 0 spiro atoms. The van der Waals surface area contributed by atoms with Gasteiger partial charge in [-0.2, -0.15) is 0 Å². The fraction of sp³-hybridized carbons (Fsp3) is 0.526. The van der Waals surface area contributed by atoms with Crippen LogP contribution in [0.25, 0.3) is 0 Å². The maximum absolute atomic E-state index is 12.1. The third-order valence-electron chi connectivity index (χ3n) is 4.93. The molecule has 0 aliphatic carbocycles. The molecule has 2 aliphatic rings. The first-order valence-corrected chi connectivity index (χ1v) is 9.05. The summed E-state index contributed by atoms with van der Waals surface area (Å²) in [7, 11) is 0. The van der Waals surface area contributed by atoms with E-state index in [0.29, 0.717) is 12.2 Å². The molecule has 1 aromatic rings. The minimum Gasteiger partial charge on any atom is -0.494 e. The van der Waals surface area contributed by atoms with Crippen LogP contribution in [-0.4, -0.2) is 65.8 Å². The zero-order chi connectivity index (χ0) is 18.7. The smallest absolute Gasteiger partial charge is 0.325 e. The van der Waals surface area contributed by atoms with Crippen molar-refractivity contribution in [1.29, 1.82) is 0 Å². The second-order valence-electron chi connectivity index (χ2n) is 6.91. The molecule has 2 heterocycles. The molecule has 1 aromatic carbocycles. The predicted molar refractivity (Wildman–Crippen MR) is 96.2 cm³/mol. The van der Waals surface area contributed by atoms with E-state index in [1.807, 2.05) is 0 Å². The van der Waals surface area contributed by atoms with Crippen LogP contribution in [0, 0.1) is 0 Å². The molecule has 3 amide bonds. The molecule has 2 saturated heterocycles. The number of carbonyl (C=O) groups is 3. The number of hydrogen-bond acceptors (Lipinski definition) is 5. The van der Waals surface area contributed by atoms with Gasteiger partial charge >= 0.3 is 6.03 Å². The van der Waals surface area contributed by atoms with Gasteiger partial charge in [0.2, 0.25) is 0 Å². The van der Waals surface area contributed by atoms with Crippen molar-refractivity contribution in [2.75, 3.05) is 26.2 Å². The SMILES string of the molecule is CC(=O)c1ccc(OCCCN2CC[C@@H](N3C(=O)N[C@@H](C)C3=O)C2)cc1. The molecule has 2 fully saturated rings. The highest BCUT2D eigenvalue weighted by Gasteiger charge is 2.41. The summed E-state index contributed by atoms with van der Waals surface area (Å²) < 4.78 is 5.71. The Morgan fingerprint density at radius 2 is 2.00 bits per heavy atom. The Labute approximate surface area is 153 Å². The number of rotatable bonds is 7. The van der Waals surface area contributed by atoms with Crippen LogP contribution in [0.2, 0.25) is 0 Å². The lowest BCUT2D eigenvalue weighted by atomic mass is 10.1. The molecule has 0 bridgehead atoms. The number of amides is 3. The van der Waals surface area contributed by atoms with Crippen molar-refractivity contribution in [1.82, 2.24) is 15.1 Å². The van der Waals surface area contributed by atoms with Gasteiger partial charge in [-0.05, 0) is 51.0 Å². The van der Waals surface area contributed by atoms with E-state index >= 15 is 0 Å². The molecule has 1 N–H and O–H groups in total. The zero-order valence-corrected chi connectivity index (χ0v) is 15.2. The lowest BCUT2D eigenvalue weighted by molar-refractivity contribution is -0.128. The van der Waals surface area contributed by atoms with Gasteiger partial charge in [0, 0.05) is 25.2 Å². The Hall–Kier alpha value is -2.41. The molecule has 140 valence electrons. The average Bonchev–Trinajstić information content (AvgIpc) is 3.16. The fourth-order valence-corrected chi connectivity index (χ4v) is 3.46. The van der Waals surface area contributed by atoms with Crippen molar-refractivity contribution in [3.8, 4) is 5.75 Å². The first kappa shape index (κ1) is 18.4. The van der Waals surface area contributed by atoms with Crippen LogP contribution in [0.4, 0.5) is 4.79 Å². The summed E-state index contributed by atoms with van der Waals surface area (Å²) in [5.74, 6) is 0.668. The van der Waals surface area contributed by atoms with Crippen LogP contribution in [0.5, 0.6) is 5.75 Å². The molecule has 7 heteroatoms. The fourth-order valence-electron chi connectivity index (χ4n) is 3.46. The van der Waals surface area contributed by atoms with E-state index in [2.05, 4.69) is 10.2 Å². The maximum Gasteiger partial charge on any atom is 0.325 e. The van der Waals surface area contributed by atoms with Crippen molar-refractivity contribution in [3.63, 3.8) is 0 Å². The first-order chi connectivity index (χ1) is 12.5. The van der Waals surface area contributed by atoms with Crippen molar-refractivity contribution >= 4 is 17.7 Å². The van der Waals surface area contributed by atoms with E-state index in [0.717, 1.165) is 38.2 Å². The monoisotopic (exact) mass is 359 g/mol. The number of ether oxygens (including phenoxy) is 1. The Balaban J connectivity index is 1.39. The van der Waals surface area contributed by atoms with Crippen LogP contribution >= 0.6 is 0 Å². The van der Waals surface area contributed by atoms with Crippen LogP contribution in [0.1, 0.15) is 37.0 Å². The second-order valence-corrected chi connectivity index (χ2v) is 6.91. The third-order valence-corrected chi connectivity index (χ3v) is 4.93. The predicted octanol–water partition coefficient (Wildman–Crippen LogP) is 1.67. The number of ketones is 1. The summed E-state index contributed by atoms with van der Waals surface area (Å²) >= 11 is 0. The quantitative estimate of drug-likeness (QED) is 0.455. The first-order valence-electron chi connectivity index (χ1n) is 9.05. The third kappa shape index (κ3) is 4.04. The van der Waals surface area contributed by atoms with Gasteiger partial charge in [-0.3, -0.25) is 14.5 Å². The summed E-state index contributed by atoms with van der Waals surface area (Å²) in [4.78, 5) is 38.9. The Morgan fingerprint density at radius 1 is 1.27 bits per heavy atom. The van der Waals surface area contributed by atoms with Gasteiger partial charge in [0.15, 0.2) is 5.78 Å². The lowest BCUT2D eigenvalue weighted by Crippen LogP contribution is -2.42. The van der Waals surface area contributed by atoms with Gasteiger partial charge in [-0.15, -0.1) is 0 Å². The normalized spacial score (nSPS) is 23.4. The highest BCUT2D eigenvalue weighted by molar-refractivity contribution is 6.04. The second kappa shape index (κ2) is 7.86. The highest BCUT2D eigenvalue weighted by Crippen LogP contribution is 2.20. The van der Waals surface area contributed by atoms with Gasteiger partial charge in [0.1, 0.15) is 11.8 Å². The van der Waals surface area contributed by atoms with E-state index in [-0.39, 0.29) is 23.8 Å². The van der Waals surface area contributed by atoms with E-state index in [1.54, 1.807) is 38.1 Å². The number of benzene rings is 1. The topological polar surface area (TPSA) is 79.0 Å². The molecule has 0 saturated carbocycles. The summed E-state index contributed by atoms with van der Waals surface area (Å²) in [6, 6.07) is 6.42. The van der Waals surface area contributed by atoms with Crippen LogP contribution in [-0.2, 0) is 4.79 Å². The number of nitrogens with one attached hydrogen (secondary N) is 1. The molecule has 0 unspecified atom stereocenters. The molecule has 0 radical (unpaired) electrons.